The number of carbonyl (C=O) groups is 1. The minimum absolute atomic E-state index is 0.104. The van der Waals surface area contributed by atoms with Crippen molar-refractivity contribution in [1.29, 1.82) is 0 Å². The third-order valence-electron chi connectivity index (χ3n) is 4.56. The van der Waals surface area contributed by atoms with Gasteiger partial charge in [0.1, 0.15) is 0 Å². The van der Waals surface area contributed by atoms with Crippen molar-refractivity contribution in [2.75, 3.05) is 5.32 Å². The van der Waals surface area contributed by atoms with Gasteiger partial charge in [0.05, 0.1) is 19.2 Å². The molecule has 0 radical (unpaired) electrons. The van der Waals surface area contributed by atoms with E-state index in [1.54, 1.807) is 11.0 Å². The van der Waals surface area contributed by atoms with Gasteiger partial charge in [-0.15, -0.1) is 5.10 Å². The van der Waals surface area contributed by atoms with E-state index in [4.69, 9.17) is 0 Å². The third-order valence-corrected chi connectivity index (χ3v) is 4.56. The monoisotopic (exact) mass is 359 g/mol. The summed E-state index contributed by atoms with van der Waals surface area (Å²) in [5.74, 6) is 0.362. The summed E-state index contributed by atoms with van der Waals surface area (Å²) >= 11 is 0. The SMILES string of the molecule is Cc1ccc(Cn2ncc(NC(=O)Cc3ccc4c(ccn4C)c3)n2)cc1. The minimum Gasteiger partial charge on any atom is -0.351 e. The van der Waals surface area contributed by atoms with Crippen LogP contribution in [0.3, 0.4) is 0 Å². The van der Waals surface area contributed by atoms with Crippen molar-refractivity contribution in [1.82, 2.24) is 19.6 Å². The highest BCUT2D eigenvalue weighted by molar-refractivity contribution is 5.92. The van der Waals surface area contributed by atoms with E-state index in [0.717, 1.165) is 22.0 Å². The highest BCUT2D eigenvalue weighted by Gasteiger charge is 2.09. The molecular weight excluding hydrogens is 338 g/mol. The Bertz CT molecular complexity index is 1090. The average molecular weight is 359 g/mol. The molecular formula is C21H21N5O. The number of aryl methyl sites for hydroxylation is 2. The van der Waals surface area contributed by atoms with Crippen molar-refractivity contribution in [2.45, 2.75) is 19.9 Å². The van der Waals surface area contributed by atoms with Crippen molar-refractivity contribution in [3.63, 3.8) is 0 Å². The molecule has 0 aliphatic heterocycles. The predicted molar refractivity (Wildman–Crippen MR) is 106 cm³/mol. The normalized spacial score (nSPS) is 11.0. The lowest BCUT2D eigenvalue weighted by Crippen LogP contribution is -2.15. The topological polar surface area (TPSA) is 64.7 Å². The van der Waals surface area contributed by atoms with Crippen molar-refractivity contribution >= 4 is 22.6 Å². The molecule has 0 atom stereocenters. The number of hydrogen-bond donors (Lipinski definition) is 1. The standard InChI is InChI=1S/C21H21N5O/c1-15-3-5-16(6-4-15)14-26-22-13-20(24-26)23-21(27)12-17-7-8-19-18(11-17)9-10-25(19)2/h3-11,13H,12,14H2,1-2H3,(H,23,24,27). The molecule has 136 valence electrons. The van der Waals surface area contributed by atoms with Crippen LogP contribution in [0.2, 0.25) is 0 Å². The van der Waals surface area contributed by atoms with Gasteiger partial charge in [-0.3, -0.25) is 4.79 Å². The van der Waals surface area contributed by atoms with Gasteiger partial charge in [0.25, 0.3) is 0 Å². The van der Waals surface area contributed by atoms with Crippen LogP contribution in [0, 0.1) is 6.92 Å². The molecule has 4 aromatic rings. The van der Waals surface area contributed by atoms with Crippen LogP contribution >= 0.6 is 0 Å². The summed E-state index contributed by atoms with van der Waals surface area (Å²) in [6.45, 7) is 2.62. The summed E-state index contributed by atoms with van der Waals surface area (Å²) in [5, 5.41) is 12.5. The lowest BCUT2D eigenvalue weighted by molar-refractivity contribution is -0.115. The largest absolute Gasteiger partial charge is 0.351 e. The molecule has 27 heavy (non-hydrogen) atoms. The van der Waals surface area contributed by atoms with Gasteiger partial charge < -0.3 is 9.88 Å². The first-order valence-electron chi connectivity index (χ1n) is 8.86. The summed E-state index contributed by atoms with van der Waals surface area (Å²) in [5.41, 5.74) is 4.45. The second kappa shape index (κ2) is 7.07. The number of benzene rings is 2. The number of amides is 1. The van der Waals surface area contributed by atoms with Crippen LogP contribution in [0.1, 0.15) is 16.7 Å². The average Bonchev–Trinajstić information content (AvgIpc) is 3.23. The summed E-state index contributed by atoms with van der Waals surface area (Å²) in [6, 6.07) is 16.3. The molecule has 2 aromatic heterocycles. The van der Waals surface area contributed by atoms with Crippen LogP contribution in [0.4, 0.5) is 5.82 Å². The van der Waals surface area contributed by atoms with Gasteiger partial charge in [0.2, 0.25) is 5.91 Å². The van der Waals surface area contributed by atoms with E-state index in [1.807, 2.05) is 37.5 Å². The number of fused-ring (bicyclic) bond motifs is 1. The smallest absolute Gasteiger partial charge is 0.230 e. The molecule has 2 aromatic carbocycles. The number of nitrogens with zero attached hydrogens (tertiary/aromatic N) is 4. The highest BCUT2D eigenvalue weighted by Crippen LogP contribution is 2.17. The number of rotatable bonds is 5. The maximum atomic E-state index is 12.3. The molecule has 0 aliphatic carbocycles. The molecule has 0 bridgehead atoms. The van der Waals surface area contributed by atoms with E-state index >= 15 is 0 Å². The molecule has 2 heterocycles. The van der Waals surface area contributed by atoms with E-state index in [9.17, 15) is 4.79 Å². The van der Waals surface area contributed by atoms with Crippen LogP contribution < -0.4 is 5.32 Å². The van der Waals surface area contributed by atoms with Gasteiger partial charge in [0, 0.05) is 18.8 Å². The van der Waals surface area contributed by atoms with Crippen molar-refractivity contribution in [3.8, 4) is 0 Å². The van der Waals surface area contributed by atoms with Crippen molar-refractivity contribution in [3.05, 3.63) is 77.6 Å². The maximum Gasteiger partial charge on any atom is 0.230 e. The fourth-order valence-electron chi connectivity index (χ4n) is 3.10. The van der Waals surface area contributed by atoms with Crippen molar-refractivity contribution in [2.24, 2.45) is 7.05 Å². The lowest BCUT2D eigenvalue weighted by atomic mass is 10.1. The highest BCUT2D eigenvalue weighted by atomic mass is 16.1. The van der Waals surface area contributed by atoms with Crippen LogP contribution in [0.15, 0.2) is 60.9 Å². The molecule has 0 fully saturated rings. The predicted octanol–water partition coefficient (Wildman–Crippen LogP) is 3.31. The zero-order chi connectivity index (χ0) is 18.8. The van der Waals surface area contributed by atoms with Gasteiger partial charge >= 0.3 is 0 Å². The number of aromatic nitrogens is 4. The van der Waals surface area contributed by atoms with Crippen LogP contribution in [0.5, 0.6) is 0 Å². The zero-order valence-corrected chi connectivity index (χ0v) is 15.4. The van der Waals surface area contributed by atoms with Crippen LogP contribution in [-0.4, -0.2) is 25.5 Å². The first-order valence-corrected chi connectivity index (χ1v) is 8.86. The second-order valence-electron chi connectivity index (χ2n) is 6.79. The summed E-state index contributed by atoms with van der Waals surface area (Å²) in [6.07, 6.45) is 3.89. The zero-order valence-electron chi connectivity index (χ0n) is 15.4. The minimum atomic E-state index is -0.104. The first-order chi connectivity index (χ1) is 13.1. The summed E-state index contributed by atoms with van der Waals surface area (Å²) in [4.78, 5) is 13.9. The van der Waals surface area contributed by atoms with E-state index in [-0.39, 0.29) is 5.91 Å². The van der Waals surface area contributed by atoms with Gasteiger partial charge in [-0.1, -0.05) is 35.9 Å². The van der Waals surface area contributed by atoms with Gasteiger partial charge in [0.15, 0.2) is 5.82 Å². The molecule has 4 rings (SSSR count). The number of hydrogen-bond acceptors (Lipinski definition) is 3. The number of nitrogens with one attached hydrogen (secondary N) is 1. The first kappa shape index (κ1) is 17.0. The van der Waals surface area contributed by atoms with Gasteiger partial charge in [-0.2, -0.15) is 9.90 Å². The Kier molecular flexibility index (Phi) is 4.46. The Balaban J connectivity index is 1.39. The Morgan fingerprint density at radius 1 is 1.07 bits per heavy atom. The fraction of sp³-hybridized carbons (Fsp3) is 0.190. The van der Waals surface area contributed by atoms with Gasteiger partial charge in [-0.05, 0) is 41.6 Å². The summed E-state index contributed by atoms with van der Waals surface area (Å²) < 4.78 is 2.06. The summed E-state index contributed by atoms with van der Waals surface area (Å²) in [7, 11) is 2.01. The maximum absolute atomic E-state index is 12.3. The molecule has 0 saturated carbocycles. The van der Waals surface area contributed by atoms with Crippen LogP contribution in [0.25, 0.3) is 10.9 Å². The van der Waals surface area contributed by atoms with Crippen molar-refractivity contribution < 1.29 is 4.79 Å². The Morgan fingerprint density at radius 3 is 2.67 bits per heavy atom. The molecule has 0 aliphatic rings. The Hall–Kier alpha value is -3.41. The molecule has 1 amide bonds. The number of anilines is 1. The molecule has 0 spiro atoms. The van der Waals surface area contributed by atoms with E-state index in [1.165, 1.54) is 5.56 Å². The molecule has 1 N–H and O–H groups in total. The fourth-order valence-corrected chi connectivity index (χ4v) is 3.10. The quantitative estimate of drug-likeness (QED) is 0.595. The third kappa shape index (κ3) is 3.89. The van der Waals surface area contributed by atoms with E-state index in [2.05, 4.69) is 51.3 Å². The van der Waals surface area contributed by atoms with Crippen LogP contribution in [-0.2, 0) is 24.8 Å². The van der Waals surface area contributed by atoms with E-state index in [0.29, 0.717) is 18.8 Å². The van der Waals surface area contributed by atoms with Gasteiger partial charge in [-0.25, -0.2) is 0 Å². The van der Waals surface area contributed by atoms with E-state index < -0.39 is 0 Å². The Labute approximate surface area is 157 Å². The second-order valence-corrected chi connectivity index (χ2v) is 6.79. The lowest BCUT2D eigenvalue weighted by Gasteiger charge is -2.04. The molecule has 6 nitrogen and oxygen atoms in total. The number of carbonyl (C=O) groups excluding carboxylic acids is 1. The molecule has 0 unspecified atom stereocenters. The Morgan fingerprint density at radius 2 is 1.85 bits per heavy atom. The molecule has 0 saturated heterocycles. The molecule has 6 heteroatoms.